The molecule has 0 saturated carbocycles. The Labute approximate surface area is 127 Å². The number of carbonyl (C=O) groups excluding carboxylic acids is 1. The summed E-state index contributed by atoms with van der Waals surface area (Å²) in [6, 6.07) is 6.36. The fraction of sp³-hybridized carbons (Fsp3) is 0.500. The number of hydrogen-bond acceptors (Lipinski definition) is 2. The van der Waals surface area contributed by atoms with E-state index < -0.39 is 0 Å². The van der Waals surface area contributed by atoms with Crippen LogP contribution < -0.4 is 16.0 Å². The summed E-state index contributed by atoms with van der Waals surface area (Å²) in [5, 5.41) is 9.04. The molecule has 1 amide bonds. The van der Waals surface area contributed by atoms with Crippen LogP contribution >= 0.6 is 0 Å². The Morgan fingerprint density at radius 2 is 1.95 bits per heavy atom. The zero-order chi connectivity index (χ0) is 15.7. The van der Waals surface area contributed by atoms with Crippen molar-refractivity contribution >= 4 is 11.9 Å². The molecule has 0 aliphatic heterocycles. The van der Waals surface area contributed by atoms with Crippen LogP contribution in [0.15, 0.2) is 23.2 Å². The van der Waals surface area contributed by atoms with E-state index >= 15 is 0 Å². The first-order valence-electron chi connectivity index (χ1n) is 7.34. The summed E-state index contributed by atoms with van der Waals surface area (Å²) in [6.07, 6.45) is 0.936. The third-order valence-electron chi connectivity index (χ3n) is 3.16. The van der Waals surface area contributed by atoms with Crippen LogP contribution in [-0.2, 0) is 11.3 Å². The number of aryl methyl sites for hydroxylation is 2. The Bertz CT molecular complexity index is 497. The zero-order valence-corrected chi connectivity index (χ0v) is 13.4. The number of hydrogen-bond donors (Lipinski definition) is 3. The van der Waals surface area contributed by atoms with Crippen molar-refractivity contribution in [1.29, 1.82) is 0 Å². The highest BCUT2D eigenvalue weighted by Gasteiger charge is 2.04. The highest BCUT2D eigenvalue weighted by Crippen LogP contribution is 2.09. The van der Waals surface area contributed by atoms with Crippen LogP contribution in [0.1, 0.15) is 30.0 Å². The molecule has 1 rings (SSSR count). The van der Waals surface area contributed by atoms with Crippen molar-refractivity contribution in [2.75, 3.05) is 20.1 Å². The molecule has 0 aromatic heterocycles. The monoisotopic (exact) mass is 290 g/mol. The standard InChI is InChI=1S/C16H26N4O/c1-5-8-18-15(21)11-20-16(17-4)19-10-14-7-6-12(2)9-13(14)3/h6-7,9H,5,8,10-11H2,1-4H3,(H,18,21)(H2,17,19,20). The van der Waals surface area contributed by atoms with Gasteiger partial charge in [-0.1, -0.05) is 30.7 Å². The first-order valence-corrected chi connectivity index (χ1v) is 7.34. The fourth-order valence-electron chi connectivity index (χ4n) is 1.93. The Kier molecular flexibility index (Phi) is 7.29. The molecule has 0 aliphatic carbocycles. The molecule has 1 aromatic carbocycles. The molecular formula is C16H26N4O. The second-order valence-corrected chi connectivity index (χ2v) is 5.06. The van der Waals surface area contributed by atoms with Crippen LogP contribution in [0.2, 0.25) is 0 Å². The van der Waals surface area contributed by atoms with Crippen LogP contribution in [0.25, 0.3) is 0 Å². The molecule has 1 aromatic rings. The Morgan fingerprint density at radius 3 is 2.57 bits per heavy atom. The van der Waals surface area contributed by atoms with Gasteiger partial charge in [0.15, 0.2) is 5.96 Å². The van der Waals surface area contributed by atoms with Crippen LogP contribution in [0.3, 0.4) is 0 Å². The van der Waals surface area contributed by atoms with Crippen molar-refractivity contribution in [1.82, 2.24) is 16.0 Å². The summed E-state index contributed by atoms with van der Waals surface area (Å²) in [4.78, 5) is 15.6. The maximum Gasteiger partial charge on any atom is 0.239 e. The maximum atomic E-state index is 11.5. The molecule has 5 heteroatoms. The number of nitrogens with zero attached hydrogens (tertiary/aromatic N) is 1. The van der Waals surface area contributed by atoms with E-state index in [1.165, 1.54) is 16.7 Å². The van der Waals surface area contributed by atoms with Gasteiger partial charge >= 0.3 is 0 Å². The van der Waals surface area contributed by atoms with Gasteiger partial charge in [0, 0.05) is 20.1 Å². The Hall–Kier alpha value is -2.04. The number of benzene rings is 1. The lowest BCUT2D eigenvalue weighted by molar-refractivity contribution is -0.120. The number of carbonyl (C=O) groups is 1. The first kappa shape index (κ1) is 17.0. The van der Waals surface area contributed by atoms with Crippen molar-refractivity contribution in [2.24, 2.45) is 4.99 Å². The van der Waals surface area contributed by atoms with Gasteiger partial charge < -0.3 is 16.0 Å². The van der Waals surface area contributed by atoms with E-state index in [0.717, 1.165) is 6.42 Å². The quantitative estimate of drug-likeness (QED) is 0.549. The first-order chi connectivity index (χ1) is 10.1. The van der Waals surface area contributed by atoms with Gasteiger partial charge in [0.1, 0.15) is 0 Å². The molecule has 0 spiro atoms. The molecule has 0 saturated heterocycles. The zero-order valence-electron chi connectivity index (χ0n) is 13.4. The average Bonchev–Trinajstić information content (AvgIpc) is 2.47. The molecule has 0 fully saturated rings. The number of aliphatic imine (C=N–C) groups is 1. The Morgan fingerprint density at radius 1 is 1.19 bits per heavy atom. The molecule has 3 N–H and O–H groups in total. The topological polar surface area (TPSA) is 65.5 Å². The second-order valence-electron chi connectivity index (χ2n) is 5.06. The second kappa shape index (κ2) is 9.00. The maximum absolute atomic E-state index is 11.5. The van der Waals surface area contributed by atoms with Crippen LogP contribution in [0.4, 0.5) is 0 Å². The van der Waals surface area contributed by atoms with Crippen molar-refractivity contribution in [2.45, 2.75) is 33.7 Å². The lowest BCUT2D eigenvalue weighted by atomic mass is 10.1. The minimum Gasteiger partial charge on any atom is -0.355 e. The summed E-state index contributed by atoms with van der Waals surface area (Å²) < 4.78 is 0. The lowest BCUT2D eigenvalue weighted by Gasteiger charge is -2.13. The van der Waals surface area contributed by atoms with Gasteiger partial charge in [-0.25, -0.2) is 0 Å². The highest BCUT2D eigenvalue weighted by atomic mass is 16.1. The van der Waals surface area contributed by atoms with E-state index in [9.17, 15) is 4.79 Å². The predicted molar refractivity (Wildman–Crippen MR) is 87.4 cm³/mol. The van der Waals surface area contributed by atoms with Crippen molar-refractivity contribution < 1.29 is 4.79 Å². The van der Waals surface area contributed by atoms with E-state index in [1.54, 1.807) is 7.05 Å². The summed E-state index contributed by atoms with van der Waals surface area (Å²) in [6.45, 7) is 7.82. The molecule has 0 bridgehead atoms. The minimum absolute atomic E-state index is 0.0219. The average molecular weight is 290 g/mol. The molecule has 0 unspecified atom stereocenters. The summed E-state index contributed by atoms with van der Waals surface area (Å²) in [5.41, 5.74) is 3.73. The summed E-state index contributed by atoms with van der Waals surface area (Å²) in [5.74, 6) is 0.605. The van der Waals surface area contributed by atoms with Crippen LogP contribution in [-0.4, -0.2) is 32.0 Å². The molecule has 0 radical (unpaired) electrons. The van der Waals surface area contributed by atoms with E-state index in [4.69, 9.17) is 0 Å². The molecule has 0 heterocycles. The number of rotatable bonds is 6. The Balaban J connectivity index is 2.43. The third kappa shape index (κ3) is 6.29. The molecule has 5 nitrogen and oxygen atoms in total. The van der Waals surface area contributed by atoms with E-state index in [2.05, 4.69) is 53.0 Å². The van der Waals surface area contributed by atoms with Crippen molar-refractivity contribution in [3.05, 3.63) is 34.9 Å². The van der Waals surface area contributed by atoms with Crippen LogP contribution in [0, 0.1) is 13.8 Å². The molecule has 0 aliphatic rings. The lowest BCUT2D eigenvalue weighted by Crippen LogP contribution is -2.43. The number of nitrogens with one attached hydrogen (secondary N) is 3. The minimum atomic E-state index is -0.0219. The van der Waals surface area contributed by atoms with E-state index in [1.807, 2.05) is 6.92 Å². The molecule has 116 valence electrons. The largest absolute Gasteiger partial charge is 0.355 e. The normalized spacial score (nSPS) is 11.1. The van der Waals surface area contributed by atoms with Gasteiger partial charge in [0.2, 0.25) is 5.91 Å². The van der Waals surface area contributed by atoms with Gasteiger partial charge in [-0.15, -0.1) is 0 Å². The van der Waals surface area contributed by atoms with Gasteiger partial charge in [-0.2, -0.15) is 0 Å². The van der Waals surface area contributed by atoms with Crippen LogP contribution in [0.5, 0.6) is 0 Å². The van der Waals surface area contributed by atoms with E-state index in [0.29, 0.717) is 19.0 Å². The number of amides is 1. The molecule has 21 heavy (non-hydrogen) atoms. The smallest absolute Gasteiger partial charge is 0.239 e. The van der Waals surface area contributed by atoms with Crippen molar-refractivity contribution in [3.63, 3.8) is 0 Å². The van der Waals surface area contributed by atoms with Gasteiger partial charge in [-0.05, 0) is 31.4 Å². The van der Waals surface area contributed by atoms with E-state index in [-0.39, 0.29) is 12.5 Å². The SMILES string of the molecule is CCCNC(=O)CNC(=NC)NCc1ccc(C)cc1C. The van der Waals surface area contributed by atoms with Gasteiger partial charge in [0.05, 0.1) is 6.54 Å². The number of guanidine groups is 1. The van der Waals surface area contributed by atoms with Gasteiger partial charge in [-0.3, -0.25) is 9.79 Å². The van der Waals surface area contributed by atoms with Crippen molar-refractivity contribution in [3.8, 4) is 0 Å². The highest BCUT2D eigenvalue weighted by molar-refractivity contribution is 5.86. The molecule has 0 atom stereocenters. The van der Waals surface area contributed by atoms with Gasteiger partial charge in [0.25, 0.3) is 0 Å². The summed E-state index contributed by atoms with van der Waals surface area (Å²) >= 11 is 0. The molecular weight excluding hydrogens is 264 g/mol. The fourth-order valence-corrected chi connectivity index (χ4v) is 1.93. The summed E-state index contributed by atoms with van der Waals surface area (Å²) in [7, 11) is 1.70. The predicted octanol–water partition coefficient (Wildman–Crippen LogP) is 1.49. The third-order valence-corrected chi connectivity index (χ3v) is 3.16.